The molecule has 0 aliphatic heterocycles. The Labute approximate surface area is 125 Å². The van der Waals surface area contributed by atoms with Crippen LogP contribution in [0, 0.1) is 17.0 Å². The van der Waals surface area contributed by atoms with Gasteiger partial charge in [-0.05, 0) is 32.0 Å². The zero-order valence-electron chi connectivity index (χ0n) is 12.0. The minimum atomic E-state index is -0.803. The van der Waals surface area contributed by atoms with Crippen LogP contribution in [0.2, 0.25) is 0 Å². The fourth-order valence-electron chi connectivity index (χ4n) is 1.82. The zero-order chi connectivity index (χ0) is 16.3. The number of hydrogen-bond donors (Lipinski definition) is 1. The molecular formula is C14H14N4O4. The van der Waals surface area contributed by atoms with Gasteiger partial charge in [0.2, 0.25) is 5.91 Å². The van der Waals surface area contributed by atoms with E-state index in [0.29, 0.717) is 11.4 Å². The Morgan fingerprint density at radius 1 is 1.27 bits per heavy atom. The number of nitro benzene ring substituents is 1. The summed E-state index contributed by atoms with van der Waals surface area (Å²) in [5.74, 6) is -0.436. The van der Waals surface area contributed by atoms with Crippen LogP contribution < -0.4 is 10.9 Å². The van der Waals surface area contributed by atoms with Crippen molar-refractivity contribution >= 4 is 17.3 Å². The van der Waals surface area contributed by atoms with Crippen LogP contribution in [-0.2, 0) is 4.79 Å². The van der Waals surface area contributed by atoms with E-state index >= 15 is 0 Å². The number of nitro groups is 1. The number of non-ortho nitro benzene ring substituents is 1. The van der Waals surface area contributed by atoms with Gasteiger partial charge in [0.1, 0.15) is 6.04 Å². The lowest BCUT2D eigenvalue weighted by atomic mass is 10.2. The monoisotopic (exact) mass is 302 g/mol. The fraction of sp³-hybridized carbons (Fsp3) is 0.214. The zero-order valence-corrected chi connectivity index (χ0v) is 12.0. The van der Waals surface area contributed by atoms with Crippen LogP contribution in [0.15, 0.2) is 41.2 Å². The van der Waals surface area contributed by atoms with Crippen LogP contribution in [-0.4, -0.2) is 20.6 Å². The molecule has 8 nitrogen and oxygen atoms in total. The van der Waals surface area contributed by atoms with Crippen LogP contribution in [0.5, 0.6) is 0 Å². The van der Waals surface area contributed by atoms with Crippen molar-refractivity contribution in [2.24, 2.45) is 0 Å². The number of amides is 1. The molecule has 0 aliphatic rings. The molecular weight excluding hydrogens is 288 g/mol. The standard InChI is InChI=1S/C14H14N4O4/c1-9-3-8-13(19)17(16-9)10(2)14(20)15-11-4-6-12(7-5-11)18(21)22/h3-8,10H,1-2H3,(H,15,20). The third kappa shape index (κ3) is 3.35. The summed E-state index contributed by atoms with van der Waals surface area (Å²) in [6.45, 7) is 3.27. The van der Waals surface area contributed by atoms with E-state index in [1.54, 1.807) is 19.9 Å². The Balaban J connectivity index is 2.16. The van der Waals surface area contributed by atoms with Crippen LogP contribution in [0.3, 0.4) is 0 Å². The smallest absolute Gasteiger partial charge is 0.269 e. The first-order valence-corrected chi connectivity index (χ1v) is 6.50. The predicted molar refractivity (Wildman–Crippen MR) is 79.7 cm³/mol. The maximum absolute atomic E-state index is 12.2. The van der Waals surface area contributed by atoms with Crippen molar-refractivity contribution in [3.8, 4) is 0 Å². The van der Waals surface area contributed by atoms with Gasteiger partial charge in [-0.2, -0.15) is 5.10 Å². The van der Waals surface area contributed by atoms with E-state index in [-0.39, 0.29) is 11.2 Å². The number of nitrogens with zero attached hydrogens (tertiary/aromatic N) is 3. The number of hydrogen-bond acceptors (Lipinski definition) is 5. The predicted octanol–water partition coefficient (Wildman–Crippen LogP) is 1.66. The molecule has 1 unspecified atom stereocenters. The van der Waals surface area contributed by atoms with Crippen LogP contribution >= 0.6 is 0 Å². The summed E-state index contributed by atoms with van der Waals surface area (Å²) < 4.78 is 1.09. The largest absolute Gasteiger partial charge is 0.324 e. The van der Waals surface area contributed by atoms with Crippen molar-refractivity contribution in [2.45, 2.75) is 19.9 Å². The van der Waals surface area contributed by atoms with Gasteiger partial charge in [-0.25, -0.2) is 4.68 Å². The molecule has 0 radical (unpaired) electrons. The number of anilines is 1. The first-order chi connectivity index (χ1) is 10.4. The number of aryl methyl sites for hydroxylation is 1. The molecule has 8 heteroatoms. The minimum Gasteiger partial charge on any atom is -0.324 e. The Bertz CT molecular complexity index is 767. The van der Waals surface area contributed by atoms with Gasteiger partial charge >= 0.3 is 0 Å². The molecule has 114 valence electrons. The summed E-state index contributed by atoms with van der Waals surface area (Å²) in [4.78, 5) is 33.9. The van der Waals surface area contributed by atoms with Crippen molar-refractivity contribution < 1.29 is 9.72 Å². The number of benzene rings is 1. The summed E-state index contributed by atoms with van der Waals surface area (Å²) in [5.41, 5.74) is 0.581. The molecule has 0 aliphatic carbocycles. The summed E-state index contributed by atoms with van der Waals surface area (Å²) in [5, 5.41) is 17.2. The third-order valence-corrected chi connectivity index (χ3v) is 3.05. The Morgan fingerprint density at radius 2 is 1.91 bits per heavy atom. The van der Waals surface area contributed by atoms with Gasteiger partial charge in [0.05, 0.1) is 10.6 Å². The third-order valence-electron chi connectivity index (χ3n) is 3.05. The lowest BCUT2D eigenvalue weighted by molar-refractivity contribution is -0.384. The molecule has 0 saturated carbocycles. The van der Waals surface area contributed by atoms with Crippen LogP contribution in [0.1, 0.15) is 18.7 Å². The first-order valence-electron chi connectivity index (χ1n) is 6.50. The SMILES string of the molecule is Cc1ccc(=O)n(C(C)C(=O)Nc2ccc([N+](=O)[O-])cc2)n1. The van der Waals surface area contributed by atoms with E-state index < -0.39 is 16.9 Å². The van der Waals surface area contributed by atoms with E-state index in [0.717, 1.165) is 4.68 Å². The van der Waals surface area contributed by atoms with E-state index in [4.69, 9.17) is 0 Å². The molecule has 1 amide bonds. The normalized spacial score (nSPS) is 11.7. The van der Waals surface area contributed by atoms with Crippen molar-refractivity contribution in [1.29, 1.82) is 0 Å². The number of rotatable bonds is 4. The van der Waals surface area contributed by atoms with Crippen molar-refractivity contribution in [3.05, 3.63) is 62.6 Å². The second-order valence-electron chi connectivity index (χ2n) is 4.73. The molecule has 2 rings (SSSR count). The van der Waals surface area contributed by atoms with Gasteiger partial charge in [-0.15, -0.1) is 0 Å². The maximum Gasteiger partial charge on any atom is 0.269 e. The molecule has 0 spiro atoms. The van der Waals surface area contributed by atoms with E-state index in [2.05, 4.69) is 10.4 Å². The topological polar surface area (TPSA) is 107 Å². The second kappa shape index (κ2) is 6.17. The molecule has 1 aromatic carbocycles. The van der Waals surface area contributed by atoms with Gasteiger partial charge in [-0.3, -0.25) is 19.7 Å². The number of carbonyl (C=O) groups excluding carboxylic acids is 1. The van der Waals surface area contributed by atoms with E-state index in [1.165, 1.54) is 30.3 Å². The highest BCUT2D eigenvalue weighted by Gasteiger charge is 2.17. The number of aromatic nitrogens is 2. The average molecular weight is 302 g/mol. The van der Waals surface area contributed by atoms with Gasteiger partial charge in [-0.1, -0.05) is 0 Å². The van der Waals surface area contributed by atoms with Crippen molar-refractivity contribution in [3.63, 3.8) is 0 Å². The second-order valence-corrected chi connectivity index (χ2v) is 4.73. The summed E-state index contributed by atoms with van der Waals surface area (Å²) in [6.07, 6.45) is 0. The lowest BCUT2D eigenvalue weighted by Gasteiger charge is -2.14. The Morgan fingerprint density at radius 3 is 2.50 bits per heavy atom. The molecule has 2 aromatic rings. The summed E-state index contributed by atoms with van der Waals surface area (Å²) >= 11 is 0. The van der Waals surface area contributed by atoms with Gasteiger partial charge in [0.15, 0.2) is 0 Å². The Kier molecular flexibility index (Phi) is 4.31. The number of carbonyl (C=O) groups is 1. The summed E-state index contributed by atoms with van der Waals surface area (Å²) in [6, 6.07) is 7.54. The molecule has 0 fully saturated rings. The van der Waals surface area contributed by atoms with Crippen molar-refractivity contribution in [1.82, 2.24) is 9.78 Å². The van der Waals surface area contributed by atoms with Gasteiger partial charge in [0, 0.05) is 23.9 Å². The first kappa shape index (κ1) is 15.4. The highest BCUT2D eigenvalue weighted by molar-refractivity contribution is 5.93. The molecule has 1 atom stereocenters. The van der Waals surface area contributed by atoms with Gasteiger partial charge < -0.3 is 5.32 Å². The fourth-order valence-corrected chi connectivity index (χ4v) is 1.82. The molecule has 22 heavy (non-hydrogen) atoms. The van der Waals surface area contributed by atoms with E-state index in [9.17, 15) is 19.7 Å². The summed E-state index contributed by atoms with van der Waals surface area (Å²) in [7, 11) is 0. The molecule has 1 aromatic heterocycles. The van der Waals surface area contributed by atoms with Crippen molar-refractivity contribution in [2.75, 3.05) is 5.32 Å². The number of nitrogens with one attached hydrogen (secondary N) is 1. The maximum atomic E-state index is 12.2. The minimum absolute atomic E-state index is 0.0670. The molecule has 1 N–H and O–H groups in total. The highest BCUT2D eigenvalue weighted by Crippen LogP contribution is 2.16. The molecule has 0 saturated heterocycles. The lowest BCUT2D eigenvalue weighted by Crippen LogP contribution is -2.33. The van der Waals surface area contributed by atoms with Crippen LogP contribution in [0.25, 0.3) is 0 Å². The van der Waals surface area contributed by atoms with E-state index in [1.807, 2.05) is 0 Å². The van der Waals surface area contributed by atoms with Gasteiger partial charge in [0.25, 0.3) is 11.2 Å². The van der Waals surface area contributed by atoms with Crippen LogP contribution in [0.4, 0.5) is 11.4 Å². The molecule has 1 heterocycles. The highest BCUT2D eigenvalue weighted by atomic mass is 16.6. The Hall–Kier alpha value is -3.03. The average Bonchev–Trinajstić information content (AvgIpc) is 2.49. The molecule has 0 bridgehead atoms. The quantitative estimate of drug-likeness (QED) is 0.682.